The molecular formula is C25H30INO5S. The number of amides is 1. The minimum Gasteiger partial charge on any atom is -0.493 e. The molecule has 0 saturated heterocycles. The largest absolute Gasteiger partial charge is 0.493 e. The fourth-order valence-corrected chi connectivity index (χ4v) is 4.58. The van der Waals surface area contributed by atoms with Crippen LogP contribution >= 0.6 is 34.4 Å². The summed E-state index contributed by atoms with van der Waals surface area (Å²) in [5, 5.41) is 0. The summed E-state index contributed by atoms with van der Waals surface area (Å²) >= 11 is 3.93. The normalized spacial score (nSPS) is 10.8. The van der Waals surface area contributed by atoms with E-state index < -0.39 is 0 Å². The molecule has 0 fully saturated rings. The summed E-state index contributed by atoms with van der Waals surface area (Å²) in [6, 6.07) is 13.8. The number of hydrogen-bond donors (Lipinski definition) is 0. The van der Waals surface area contributed by atoms with Crippen LogP contribution < -0.4 is 9.47 Å². The lowest BCUT2D eigenvalue weighted by Crippen LogP contribution is -2.35. The second-order valence-electron chi connectivity index (χ2n) is 6.96. The molecule has 2 rings (SSSR count). The SMILES string of the molecule is CCOC(=O)/C=C\CCN(CCSc1ccccc1)C(=O)Cc1cc(OC)c(OC)cc1I. The van der Waals surface area contributed by atoms with E-state index in [1.807, 2.05) is 35.2 Å². The Hall–Kier alpha value is -2.20. The summed E-state index contributed by atoms with van der Waals surface area (Å²) in [5.41, 5.74) is 0.890. The molecule has 33 heavy (non-hydrogen) atoms. The summed E-state index contributed by atoms with van der Waals surface area (Å²) < 4.78 is 16.6. The lowest BCUT2D eigenvalue weighted by molar-refractivity contribution is -0.137. The van der Waals surface area contributed by atoms with Gasteiger partial charge in [0.25, 0.3) is 0 Å². The van der Waals surface area contributed by atoms with Crippen molar-refractivity contribution in [3.63, 3.8) is 0 Å². The molecule has 1 amide bonds. The Labute approximate surface area is 213 Å². The molecule has 0 radical (unpaired) electrons. The third-order valence-electron chi connectivity index (χ3n) is 4.73. The van der Waals surface area contributed by atoms with Crippen LogP contribution in [0.15, 0.2) is 59.5 Å². The van der Waals surface area contributed by atoms with Crippen LogP contribution in [0.1, 0.15) is 18.9 Å². The smallest absolute Gasteiger partial charge is 0.330 e. The van der Waals surface area contributed by atoms with E-state index >= 15 is 0 Å². The van der Waals surface area contributed by atoms with Crippen molar-refractivity contribution in [3.05, 3.63) is 63.8 Å². The summed E-state index contributed by atoms with van der Waals surface area (Å²) in [7, 11) is 3.17. The zero-order valence-corrected chi connectivity index (χ0v) is 22.2. The number of hydrogen-bond acceptors (Lipinski definition) is 6. The highest BCUT2D eigenvalue weighted by Gasteiger charge is 2.17. The number of carbonyl (C=O) groups is 2. The lowest BCUT2D eigenvalue weighted by atomic mass is 10.1. The highest BCUT2D eigenvalue weighted by atomic mass is 127. The van der Waals surface area contributed by atoms with E-state index in [-0.39, 0.29) is 18.3 Å². The van der Waals surface area contributed by atoms with Gasteiger partial charge in [0.15, 0.2) is 11.5 Å². The van der Waals surface area contributed by atoms with Crippen LogP contribution in [0, 0.1) is 3.57 Å². The molecule has 2 aromatic carbocycles. The predicted octanol–water partition coefficient (Wildman–Crippen LogP) is 4.98. The zero-order valence-electron chi connectivity index (χ0n) is 19.2. The standard InChI is InChI=1S/C25H30INO5S/c1-4-32-25(29)12-8-9-13-27(14-15-33-20-10-6-5-7-11-20)24(28)17-19-16-22(30-2)23(31-3)18-21(19)26/h5-8,10-12,16,18H,4,9,13-15,17H2,1-3H3/b12-8-. The van der Waals surface area contributed by atoms with E-state index in [9.17, 15) is 9.59 Å². The Kier molecular flexibility index (Phi) is 12.2. The average Bonchev–Trinajstić information content (AvgIpc) is 2.82. The van der Waals surface area contributed by atoms with Crippen LogP contribution in [0.4, 0.5) is 0 Å². The van der Waals surface area contributed by atoms with Crippen molar-refractivity contribution in [2.24, 2.45) is 0 Å². The maximum atomic E-state index is 13.2. The van der Waals surface area contributed by atoms with Gasteiger partial charge >= 0.3 is 5.97 Å². The molecule has 8 heteroatoms. The van der Waals surface area contributed by atoms with Crippen LogP contribution in [0.3, 0.4) is 0 Å². The highest BCUT2D eigenvalue weighted by Crippen LogP contribution is 2.31. The number of halogens is 1. The Morgan fingerprint density at radius 3 is 2.42 bits per heavy atom. The highest BCUT2D eigenvalue weighted by molar-refractivity contribution is 14.1. The van der Waals surface area contributed by atoms with Gasteiger partial charge in [0.05, 0.1) is 27.2 Å². The molecule has 0 aliphatic rings. The first kappa shape index (κ1) is 27.0. The van der Waals surface area contributed by atoms with Gasteiger partial charge in [-0.25, -0.2) is 4.79 Å². The number of carbonyl (C=O) groups excluding carboxylic acids is 2. The maximum absolute atomic E-state index is 13.2. The number of methoxy groups -OCH3 is 2. The molecule has 0 aromatic heterocycles. The molecule has 0 N–H and O–H groups in total. The van der Waals surface area contributed by atoms with Crippen molar-refractivity contribution in [1.82, 2.24) is 4.90 Å². The van der Waals surface area contributed by atoms with Gasteiger partial charge in [-0.15, -0.1) is 11.8 Å². The van der Waals surface area contributed by atoms with E-state index in [0.717, 1.165) is 14.9 Å². The molecule has 0 aliphatic heterocycles. The van der Waals surface area contributed by atoms with Crippen LogP contribution in [0.2, 0.25) is 0 Å². The van der Waals surface area contributed by atoms with Gasteiger partial charge in [-0.2, -0.15) is 0 Å². The monoisotopic (exact) mass is 583 g/mol. The van der Waals surface area contributed by atoms with E-state index in [1.54, 1.807) is 39.0 Å². The first-order chi connectivity index (χ1) is 16.0. The third-order valence-corrected chi connectivity index (χ3v) is 6.72. The molecule has 0 atom stereocenters. The van der Waals surface area contributed by atoms with Gasteiger partial charge in [0.1, 0.15) is 0 Å². The zero-order chi connectivity index (χ0) is 24.1. The second kappa shape index (κ2) is 14.8. The van der Waals surface area contributed by atoms with Gasteiger partial charge < -0.3 is 19.1 Å². The quantitative estimate of drug-likeness (QED) is 0.144. The number of benzene rings is 2. The minimum absolute atomic E-state index is 0.0262. The van der Waals surface area contributed by atoms with E-state index in [1.165, 1.54) is 11.0 Å². The molecule has 2 aromatic rings. The van der Waals surface area contributed by atoms with Gasteiger partial charge in [0.2, 0.25) is 5.91 Å². The molecule has 0 unspecified atom stereocenters. The van der Waals surface area contributed by atoms with E-state index in [0.29, 0.717) is 37.6 Å². The van der Waals surface area contributed by atoms with E-state index in [2.05, 4.69) is 34.7 Å². The molecule has 6 nitrogen and oxygen atoms in total. The first-order valence-electron chi connectivity index (χ1n) is 10.7. The number of rotatable bonds is 13. The van der Waals surface area contributed by atoms with Crippen molar-refractivity contribution in [2.45, 2.75) is 24.7 Å². The van der Waals surface area contributed by atoms with Gasteiger partial charge in [-0.05, 0) is 65.8 Å². The first-order valence-corrected chi connectivity index (χ1v) is 12.7. The Morgan fingerprint density at radius 1 is 1.06 bits per heavy atom. The summed E-state index contributed by atoms with van der Waals surface area (Å²) in [6.45, 7) is 3.24. The lowest BCUT2D eigenvalue weighted by Gasteiger charge is -2.23. The van der Waals surface area contributed by atoms with Gasteiger partial charge in [-0.3, -0.25) is 4.79 Å². The van der Waals surface area contributed by atoms with Crippen LogP contribution in [-0.4, -0.2) is 56.4 Å². The fourth-order valence-electron chi connectivity index (χ4n) is 3.06. The fraction of sp³-hybridized carbons (Fsp3) is 0.360. The Balaban J connectivity index is 2.06. The van der Waals surface area contributed by atoms with Crippen molar-refractivity contribution < 1.29 is 23.8 Å². The molecule has 0 spiro atoms. The van der Waals surface area contributed by atoms with Crippen LogP contribution in [-0.2, 0) is 20.7 Å². The molecule has 0 heterocycles. The molecule has 0 bridgehead atoms. The minimum atomic E-state index is -0.366. The van der Waals surface area contributed by atoms with Crippen LogP contribution in [0.25, 0.3) is 0 Å². The van der Waals surface area contributed by atoms with Crippen molar-refractivity contribution in [3.8, 4) is 11.5 Å². The van der Waals surface area contributed by atoms with Crippen molar-refractivity contribution in [2.75, 3.05) is 39.7 Å². The van der Waals surface area contributed by atoms with E-state index in [4.69, 9.17) is 14.2 Å². The Morgan fingerprint density at radius 2 is 1.76 bits per heavy atom. The maximum Gasteiger partial charge on any atom is 0.330 e. The number of thioether (sulfide) groups is 1. The van der Waals surface area contributed by atoms with Crippen molar-refractivity contribution >= 4 is 46.2 Å². The van der Waals surface area contributed by atoms with Gasteiger partial charge in [0, 0.05) is 33.4 Å². The molecule has 0 aliphatic carbocycles. The number of ether oxygens (including phenoxy) is 3. The summed E-state index contributed by atoms with van der Waals surface area (Å²) in [5.74, 6) is 1.68. The number of nitrogens with zero attached hydrogens (tertiary/aromatic N) is 1. The predicted molar refractivity (Wildman–Crippen MR) is 140 cm³/mol. The Bertz CT molecular complexity index is 936. The molecule has 0 saturated carbocycles. The van der Waals surface area contributed by atoms with Crippen molar-refractivity contribution in [1.29, 1.82) is 0 Å². The topological polar surface area (TPSA) is 65.1 Å². The second-order valence-corrected chi connectivity index (χ2v) is 9.29. The average molecular weight is 583 g/mol. The third kappa shape index (κ3) is 9.29. The summed E-state index contributed by atoms with van der Waals surface area (Å²) in [6.07, 6.45) is 4.00. The van der Waals surface area contributed by atoms with Crippen LogP contribution in [0.5, 0.6) is 11.5 Å². The number of esters is 1. The molecule has 178 valence electrons. The van der Waals surface area contributed by atoms with Gasteiger partial charge in [-0.1, -0.05) is 24.3 Å². The summed E-state index contributed by atoms with van der Waals surface area (Å²) in [4.78, 5) is 27.8. The molecular weight excluding hydrogens is 553 g/mol.